The Kier molecular flexibility index (Phi) is 4.04. The Bertz CT molecular complexity index is 514. The quantitative estimate of drug-likeness (QED) is 0.674. The summed E-state index contributed by atoms with van der Waals surface area (Å²) in [4.78, 5) is 23.6. The fourth-order valence-electron chi connectivity index (χ4n) is 2.64. The van der Waals surface area contributed by atoms with E-state index in [4.69, 9.17) is 0 Å². The van der Waals surface area contributed by atoms with Gasteiger partial charge in [-0.2, -0.15) is 0 Å². The summed E-state index contributed by atoms with van der Waals surface area (Å²) >= 11 is 0. The smallest absolute Gasteiger partial charge is 0.310 e. The number of carboxylic acid groups (broad SMARTS) is 1. The number of nitrogens with zero attached hydrogens (tertiary/aromatic N) is 2. The molecule has 1 heterocycles. The van der Waals surface area contributed by atoms with Crippen molar-refractivity contribution in [2.75, 3.05) is 13.1 Å². The lowest BCUT2D eigenvalue weighted by Gasteiger charge is -2.37. The van der Waals surface area contributed by atoms with Crippen LogP contribution in [-0.2, 0) is 11.3 Å². The van der Waals surface area contributed by atoms with Crippen LogP contribution in [0.15, 0.2) is 24.3 Å². The number of likely N-dealkylation sites (tertiary alicyclic amines) is 1. The number of benzene rings is 1. The van der Waals surface area contributed by atoms with E-state index in [0.717, 1.165) is 18.5 Å². The molecule has 1 aromatic carbocycles. The van der Waals surface area contributed by atoms with Crippen LogP contribution >= 0.6 is 0 Å². The maximum Gasteiger partial charge on any atom is 0.310 e. The third-order valence-corrected chi connectivity index (χ3v) is 3.85. The van der Waals surface area contributed by atoms with E-state index in [1.807, 2.05) is 0 Å². The summed E-state index contributed by atoms with van der Waals surface area (Å²) in [7, 11) is 0. The van der Waals surface area contributed by atoms with Gasteiger partial charge >= 0.3 is 5.97 Å². The van der Waals surface area contributed by atoms with Gasteiger partial charge in [-0.3, -0.25) is 19.8 Å². The predicted octanol–water partition coefficient (Wildman–Crippen LogP) is 2.28. The van der Waals surface area contributed by atoms with Crippen LogP contribution < -0.4 is 0 Å². The molecule has 0 spiro atoms. The van der Waals surface area contributed by atoms with Gasteiger partial charge < -0.3 is 5.11 Å². The number of nitro groups is 1. The third kappa shape index (κ3) is 3.14. The molecule has 6 nitrogen and oxygen atoms in total. The average molecular weight is 278 g/mol. The van der Waals surface area contributed by atoms with Gasteiger partial charge in [0.15, 0.2) is 0 Å². The van der Waals surface area contributed by atoms with Crippen LogP contribution in [0.5, 0.6) is 0 Å². The second-order valence-electron chi connectivity index (χ2n) is 5.60. The van der Waals surface area contributed by atoms with Gasteiger partial charge in [0.2, 0.25) is 0 Å². The van der Waals surface area contributed by atoms with E-state index < -0.39 is 16.3 Å². The summed E-state index contributed by atoms with van der Waals surface area (Å²) < 4.78 is 0. The third-order valence-electron chi connectivity index (χ3n) is 3.85. The van der Waals surface area contributed by atoms with Crippen LogP contribution in [0.25, 0.3) is 0 Å². The van der Waals surface area contributed by atoms with E-state index in [-0.39, 0.29) is 5.69 Å². The Morgan fingerprint density at radius 1 is 1.45 bits per heavy atom. The number of rotatable bonds is 4. The Balaban J connectivity index is 2.02. The summed E-state index contributed by atoms with van der Waals surface area (Å²) in [5, 5.41) is 19.9. The van der Waals surface area contributed by atoms with Gasteiger partial charge in [-0.1, -0.05) is 12.1 Å². The molecule has 1 aliphatic heterocycles. The summed E-state index contributed by atoms with van der Waals surface area (Å²) in [5.74, 6) is -0.758. The van der Waals surface area contributed by atoms with Crippen molar-refractivity contribution < 1.29 is 14.8 Å². The van der Waals surface area contributed by atoms with Crippen molar-refractivity contribution in [3.8, 4) is 0 Å². The first-order valence-corrected chi connectivity index (χ1v) is 6.60. The summed E-state index contributed by atoms with van der Waals surface area (Å²) in [6.07, 6.45) is 1.55. The molecule has 1 fully saturated rings. The highest BCUT2D eigenvalue weighted by atomic mass is 16.6. The highest BCUT2D eigenvalue weighted by Crippen LogP contribution is 2.30. The van der Waals surface area contributed by atoms with Gasteiger partial charge in [-0.25, -0.2) is 0 Å². The maximum atomic E-state index is 11.3. The van der Waals surface area contributed by atoms with Gasteiger partial charge in [0.1, 0.15) is 0 Å². The molecule has 20 heavy (non-hydrogen) atoms. The zero-order valence-corrected chi connectivity index (χ0v) is 11.4. The van der Waals surface area contributed by atoms with Crippen molar-refractivity contribution in [3.63, 3.8) is 0 Å². The monoisotopic (exact) mass is 278 g/mol. The summed E-state index contributed by atoms with van der Waals surface area (Å²) in [6, 6.07) is 6.42. The minimum absolute atomic E-state index is 0.0720. The number of piperidine rings is 1. The maximum absolute atomic E-state index is 11.3. The van der Waals surface area contributed by atoms with E-state index in [9.17, 15) is 20.0 Å². The first kappa shape index (κ1) is 14.5. The number of nitro benzene ring substituents is 1. The minimum atomic E-state index is -0.758. The van der Waals surface area contributed by atoms with Gasteiger partial charge in [-0.05, 0) is 31.9 Å². The zero-order chi connectivity index (χ0) is 14.8. The largest absolute Gasteiger partial charge is 0.481 e. The zero-order valence-electron chi connectivity index (χ0n) is 11.4. The molecule has 0 saturated carbocycles. The molecule has 1 N–H and O–H groups in total. The molecule has 108 valence electrons. The van der Waals surface area contributed by atoms with Crippen molar-refractivity contribution in [1.29, 1.82) is 0 Å². The van der Waals surface area contributed by atoms with E-state index in [2.05, 4.69) is 4.90 Å². The number of carboxylic acids is 1. The molecule has 1 unspecified atom stereocenters. The number of aliphatic carboxylic acids is 1. The molecule has 2 rings (SSSR count). The standard InChI is InChI=1S/C14H18N2O4/c1-14(13(17)18)7-2-8-15(10-14)9-11-3-5-12(6-4-11)16(19)20/h3-6H,2,7-10H2,1H3,(H,17,18). The molecule has 1 aliphatic rings. The Morgan fingerprint density at radius 2 is 2.10 bits per heavy atom. The second-order valence-corrected chi connectivity index (χ2v) is 5.60. The van der Waals surface area contributed by atoms with Crippen LogP contribution in [0.4, 0.5) is 5.69 Å². The second kappa shape index (κ2) is 5.58. The molecule has 1 saturated heterocycles. The lowest BCUT2D eigenvalue weighted by Crippen LogP contribution is -2.45. The van der Waals surface area contributed by atoms with Gasteiger partial charge in [0.25, 0.3) is 5.69 Å². The van der Waals surface area contributed by atoms with Gasteiger partial charge in [-0.15, -0.1) is 0 Å². The highest BCUT2D eigenvalue weighted by Gasteiger charge is 2.37. The Morgan fingerprint density at radius 3 is 2.65 bits per heavy atom. The van der Waals surface area contributed by atoms with Crippen LogP contribution in [-0.4, -0.2) is 34.0 Å². The van der Waals surface area contributed by atoms with Crippen molar-refractivity contribution in [3.05, 3.63) is 39.9 Å². The number of carbonyl (C=O) groups is 1. The van der Waals surface area contributed by atoms with Gasteiger partial charge in [0.05, 0.1) is 10.3 Å². The van der Waals surface area contributed by atoms with E-state index in [0.29, 0.717) is 19.5 Å². The topological polar surface area (TPSA) is 83.7 Å². The van der Waals surface area contributed by atoms with E-state index in [1.165, 1.54) is 12.1 Å². The summed E-state index contributed by atoms with van der Waals surface area (Å²) in [6.45, 7) is 3.78. The van der Waals surface area contributed by atoms with Crippen molar-refractivity contribution >= 4 is 11.7 Å². The highest BCUT2D eigenvalue weighted by molar-refractivity contribution is 5.74. The number of non-ortho nitro benzene ring substituents is 1. The van der Waals surface area contributed by atoms with E-state index >= 15 is 0 Å². The van der Waals surface area contributed by atoms with E-state index in [1.54, 1.807) is 19.1 Å². The molecular formula is C14H18N2O4. The number of hydrogen-bond donors (Lipinski definition) is 1. The molecule has 0 radical (unpaired) electrons. The molecule has 0 aromatic heterocycles. The molecule has 0 amide bonds. The first-order chi connectivity index (χ1) is 9.40. The van der Waals surface area contributed by atoms with Gasteiger partial charge in [0, 0.05) is 25.2 Å². The fourth-order valence-corrected chi connectivity index (χ4v) is 2.64. The average Bonchev–Trinajstić information content (AvgIpc) is 2.39. The molecule has 1 atom stereocenters. The molecule has 1 aromatic rings. The lowest BCUT2D eigenvalue weighted by molar-refractivity contribution is -0.384. The van der Waals surface area contributed by atoms with Crippen molar-refractivity contribution in [1.82, 2.24) is 4.90 Å². The molecule has 0 bridgehead atoms. The van der Waals surface area contributed by atoms with Crippen LogP contribution in [0.1, 0.15) is 25.3 Å². The first-order valence-electron chi connectivity index (χ1n) is 6.60. The predicted molar refractivity (Wildman–Crippen MR) is 73.4 cm³/mol. The summed E-state index contributed by atoms with van der Waals surface area (Å²) in [5.41, 5.74) is 0.340. The Hall–Kier alpha value is -1.95. The molecule has 0 aliphatic carbocycles. The van der Waals surface area contributed by atoms with Crippen LogP contribution in [0, 0.1) is 15.5 Å². The van der Waals surface area contributed by atoms with Crippen molar-refractivity contribution in [2.24, 2.45) is 5.41 Å². The lowest BCUT2D eigenvalue weighted by atomic mass is 9.82. The SMILES string of the molecule is CC1(C(=O)O)CCCN(Cc2ccc([N+](=O)[O-])cc2)C1. The van der Waals surface area contributed by atoms with Crippen LogP contribution in [0.3, 0.4) is 0 Å². The Labute approximate surface area is 117 Å². The fraction of sp³-hybridized carbons (Fsp3) is 0.500. The molecule has 6 heteroatoms. The van der Waals surface area contributed by atoms with Crippen LogP contribution in [0.2, 0.25) is 0 Å². The number of hydrogen-bond acceptors (Lipinski definition) is 4. The normalized spacial score (nSPS) is 23.4. The molecular weight excluding hydrogens is 260 g/mol. The van der Waals surface area contributed by atoms with Crippen molar-refractivity contribution in [2.45, 2.75) is 26.3 Å². The minimum Gasteiger partial charge on any atom is -0.481 e.